The number of aryl methyl sites for hydroxylation is 2. The molecule has 0 saturated carbocycles. The summed E-state index contributed by atoms with van der Waals surface area (Å²) >= 11 is 0. The minimum absolute atomic E-state index is 0.0995. The molecule has 198 valence electrons. The number of aliphatic hydroxyl groups is 1. The van der Waals surface area contributed by atoms with Crippen molar-refractivity contribution in [2.75, 3.05) is 18.0 Å². The van der Waals surface area contributed by atoms with Crippen LogP contribution in [0.1, 0.15) is 42.7 Å². The molecule has 0 radical (unpaired) electrons. The molecule has 0 aliphatic carbocycles. The summed E-state index contributed by atoms with van der Waals surface area (Å²) in [4.78, 5) is 15.7. The number of aliphatic hydroxyl groups excluding tert-OH is 1. The second kappa shape index (κ2) is 10.3. The highest BCUT2D eigenvalue weighted by Gasteiger charge is 2.22. The smallest absolute Gasteiger partial charge is 0.259 e. The maximum Gasteiger partial charge on any atom is 0.259 e. The number of rotatable bonds is 6. The number of hydrogen-bond acceptors (Lipinski definition) is 8. The van der Waals surface area contributed by atoms with E-state index in [4.69, 9.17) is 19.8 Å². The highest BCUT2D eigenvalue weighted by molar-refractivity contribution is 7.89. The Kier molecular flexibility index (Phi) is 7.04. The lowest BCUT2D eigenvalue weighted by Crippen LogP contribution is -2.36. The summed E-state index contributed by atoms with van der Waals surface area (Å²) in [6.45, 7) is 7.40. The summed E-state index contributed by atoms with van der Waals surface area (Å²) in [6.07, 6.45) is 3.98. The fraction of sp³-hybridized carbons (Fsp3) is 0.321. The first-order chi connectivity index (χ1) is 18.1. The van der Waals surface area contributed by atoms with Gasteiger partial charge in [-0.1, -0.05) is 6.07 Å². The summed E-state index contributed by atoms with van der Waals surface area (Å²) in [5.41, 5.74) is 5.48. The highest BCUT2D eigenvalue weighted by Crippen LogP contribution is 2.34. The highest BCUT2D eigenvalue weighted by atomic mass is 32.2. The van der Waals surface area contributed by atoms with Crippen LogP contribution in [-0.2, 0) is 10.0 Å². The van der Waals surface area contributed by atoms with Gasteiger partial charge in [-0.25, -0.2) is 23.5 Å². The number of fused-ring (bicyclic) bond motifs is 1. The maximum absolute atomic E-state index is 12.0. The summed E-state index contributed by atoms with van der Waals surface area (Å²) < 4.78 is 30.1. The van der Waals surface area contributed by atoms with Gasteiger partial charge in [0.05, 0.1) is 11.6 Å². The first-order valence-corrected chi connectivity index (χ1v) is 14.1. The van der Waals surface area contributed by atoms with Gasteiger partial charge in [-0.15, -0.1) is 0 Å². The molecule has 38 heavy (non-hydrogen) atoms. The number of sulfonamides is 1. The van der Waals surface area contributed by atoms with Crippen LogP contribution >= 0.6 is 0 Å². The molecule has 4 heterocycles. The number of piperidine rings is 1. The first kappa shape index (κ1) is 26.0. The molecule has 3 N–H and O–H groups in total. The molecule has 1 aromatic carbocycles. The molecule has 1 aliphatic rings. The molecule has 5 rings (SSSR count). The number of anilines is 1. The third-order valence-electron chi connectivity index (χ3n) is 6.90. The van der Waals surface area contributed by atoms with Gasteiger partial charge in [-0.05, 0) is 75.6 Å². The Hall–Kier alpha value is -3.60. The molecule has 3 aromatic heterocycles. The fourth-order valence-electron chi connectivity index (χ4n) is 4.93. The molecule has 9 nitrogen and oxygen atoms in total. The number of primary sulfonamides is 1. The molecule has 0 spiro atoms. The molecular formula is C28H31N5O4S. The second-order valence-corrected chi connectivity index (χ2v) is 11.3. The number of benzene rings is 1. The molecule has 1 fully saturated rings. The Labute approximate surface area is 222 Å². The van der Waals surface area contributed by atoms with E-state index in [1.54, 1.807) is 12.1 Å². The minimum Gasteiger partial charge on any atom is -0.483 e. The summed E-state index contributed by atoms with van der Waals surface area (Å²) in [6, 6.07) is 13.3. The van der Waals surface area contributed by atoms with Crippen LogP contribution in [0.25, 0.3) is 22.0 Å². The zero-order chi connectivity index (χ0) is 27.0. The number of aromatic nitrogens is 3. The number of nitrogens with zero attached hydrogens (tertiary/aromatic N) is 4. The topological polar surface area (TPSA) is 132 Å². The van der Waals surface area contributed by atoms with Gasteiger partial charge in [0.25, 0.3) is 10.0 Å². The molecule has 4 aromatic rings. The van der Waals surface area contributed by atoms with Crippen molar-refractivity contribution in [1.82, 2.24) is 15.0 Å². The molecule has 0 unspecified atom stereocenters. The summed E-state index contributed by atoms with van der Waals surface area (Å²) in [5, 5.41) is 15.8. The van der Waals surface area contributed by atoms with E-state index in [1.165, 1.54) is 6.20 Å². The van der Waals surface area contributed by atoms with Crippen molar-refractivity contribution in [3.05, 3.63) is 71.7 Å². The lowest BCUT2D eigenvalue weighted by molar-refractivity contribution is 0.145. The van der Waals surface area contributed by atoms with E-state index in [9.17, 15) is 13.5 Å². The Morgan fingerprint density at radius 2 is 1.87 bits per heavy atom. The van der Waals surface area contributed by atoms with Gasteiger partial charge in [0.15, 0.2) is 5.75 Å². The van der Waals surface area contributed by atoms with E-state index in [2.05, 4.69) is 16.0 Å². The Morgan fingerprint density at radius 1 is 1.11 bits per heavy atom. The van der Waals surface area contributed by atoms with E-state index >= 15 is 0 Å². The van der Waals surface area contributed by atoms with Crippen molar-refractivity contribution < 1.29 is 18.3 Å². The van der Waals surface area contributed by atoms with Crippen LogP contribution in [0.2, 0.25) is 0 Å². The van der Waals surface area contributed by atoms with Crippen LogP contribution in [0, 0.1) is 13.8 Å². The van der Waals surface area contributed by atoms with E-state index < -0.39 is 16.1 Å². The van der Waals surface area contributed by atoms with Gasteiger partial charge >= 0.3 is 0 Å². The van der Waals surface area contributed by atoms with Crippen LogP contribution in [0.3, 0.4) is 0 Å². The van der Waals surface area contributed by atoms with E-state index in [-0.39, 0.29) is 16.9 Å². The first-order valence-electron chi connectivity index (χ1n) is 12.6. The monoisotopic (exact) mass is 533 g/mol. The van der Waals surface area contributed by atoms with Crippen molar-refractivity contribution >= 4 is 26.7 Å². The van der Waals surface area contributed by atoms with Crippen molar-refractivity contribution in [2.45, 2.75) is 50.8 Å². The Bertz CT molecular complexity index is 1580. The fourth-order valence-corrected chi connectivity index (χ4v) is 5.54. The Morgan fingerprint density at radius 3 is 2.55 bits per heavy atom. The zero-order valence-corrected chi connectivity index (χ0v) is 22.4. The largest absolute Gasteiger partial charge is 0.483 e. The van der Waals surface area contributed by atoms with Gasteiger partial charge in [0, 0.05) is 53.3 Å². The van der Waals surface area contributed by atoms with Crippen LogP contribution < -0.4 is 14.8 Å². The molecule has 1 aliphatic heterocycles. The second-order valence-electron chi connectivity index (χ2n) is 9.78. The summed E-state index contributed by atoms with van der Waals surface area (Å²) in [7, 11) is -4.05. The Balaban J connectivity index is 1.51. The van der Waals surface area contributed by atoms with Gasteiger partial charge in [-0.2, -0.15) is 0 Å². The molecular weight excluding hydrogens is 502 g/mol. The number of hydrogen-bond donors (Lipinski definition) is 2. The van der Waals surface area contributed by atoms with Gasteiger partial charge in [0.2, 0.25) is 5.03 Å². The van der Waals surface area contributed by atoms with E-state index in [0.29, 0.717) is 0 Å². The molecule has 1 atom stereocenters. The van der Waals surface area contributed by atoms with Gasteiger partial charge in [-0.3, -0.25) is 4.98 Å². The van der Waals surface area contributed by atoms with Crippen LogP contribution in [0.5, 0.6) is 5.75 Å². The molecule has 0 bridgehead atoms. The predicted molar refractivity (Wildman–Crippen MR) is 147 cm³/mol. The number of ether oxygens (including phenoxy) is 1. The van der Waals surface area contributed by atoms with E-state index in [0.717, 1.165) is 70.6 Å². The molecule has 10 heteroatoms. The van der Waals surface area contributed by atoms with E-state index in [1.807, 2.05) is 51.2 Å². The third-order valence-corrected chi connectivity index (χ3v) is 7.74. The van der Waals surface area contributed by atoms with Crippen molar-refractivity contribution in [3.63, 3.8) is 0 Å². The lowest BCUT2D eigenvalue weighted by atomic mass is 9.97. The average Bonchev–Trinajstić information content (AvgIpc) is 2.88. The average molecular weight is 534 g/mol. The quantitative estimate of drug-likeness (QED) is 0.379. The standard InChI is InChI=1S/C28H31N5O4S/c1-17-13-23(19(3)37-26-5-4-10-30-28(26)38(29,35)36)24-15-22(18(2)32-25(24)14-17)20-6-7-27(31-16-20)33-11-8-21(34)9-12-33/h4-7,10,13-16,19,21,34H,8-9,11-12H2,1-3H3,(H2,29,35,36)/t19-/m1/s1. The zero-order valence-electron chi connectivity index (χ0n) is 21.6. The number of pyridine rings is 3. The molecule has 0 amide bonds. The van der Waals surface area contributed by atoms with Crippen molar-refractivity contribution in [2.24, 2.45) is 5.14 Å². The predicted octanol–water partition coefficient (Wildman–Crippen LogP) is 4.06. The normalized spacial score (nSPS) is 15.6. The third kappa shape index (κ3) is 5.33. The number of nitrogens with two attached hydrogens (primary N) is 1. The van der Waals surface area contributed by atoms with Crippen LogP contribution in [-0.4, -0.2) is 47.7 Å². The van der Waals surface area contributed by atoms with Crippen LogP contribution in [0.4, 0.5) is 5.82 Å². The lowest BCUT2D eigenvalue weighted by Gasteiger charge is -2.30. The maximum atomic E-state index is 12.0. The van der Waals surface area contributed by atoms with Crippen molar-refractivity contribution in [1.29, 1.82) is 0 Å². The van der Waals surface area contributed by atoms with Crippen molar-refractivity contribution in [3.8, 4) is 16.9 Å². The molecule has 1 saturated heterocycles. The summed E-state index contributed by atoms with van der Waals surface area (Å²) in [5.74, 6) is 0.995. The van der Waals surface area contributed by atoms with Crippen LogP contribution in [0.15, 0.2) is 59.9 Å². The SMILES string of the molecule is Cc1cc([C@@H](C)Oc2cccnc2S(N)(=O)=O)c2cc(-c3ccc(N4CCC(O)CC4)nc3)c(C)nc2c1. The van der Waals surface area contributed by atoms with Gasteiger partial charge in [0.1, 0.15) is 11.9 Å². The minimum atomic E-state index is -4.05. The van der Waals surface area contributed by atoms with Gasteiger partial charge < -0.3 is 14.7 Å².